The fourth-order valence-electron chi connectivity index (χ4n) is 3.03. The van der Waals surface area contributed by atoms with Gasteiger partial charge in [0.15, 0.2) is 0 Å². The Morgan fingerprint density at radius 3 is 2.72 bits per heavy atom. The second kappa shape index (κ2) is 8.12. The summed E-state index contributed by atoms with van der Waals surface area (Å²) in [5.74, 6) is -0.135. The van der Waals surface area contributed by atoms with Crippen LogP contribution >= 0.6 is 11.6 Å². The number of pyridine rings is 1. The van der Waals surface area contributed by atoms with Crippen molar-refractivity contribution in [2.45, 2.75) is 31.8 Å². The van der Waals surface area contributed by atoms with E-state index in [9.17, 15) is 9.59 Å². The number of carbonyl (C=O) groups is 2. The summed E-state index contributed by atoms with van der Waals surface area (Å²) in [5, 5.41) is 3.59. The van der Waals surface area contributed by atoms with Gasteiger partial charge < -0.3 is 10.2 Å². The zero-order valence-corrected chi connectivity index (χ0v) is 14.6. The summed E-state index contributed by atoms with van der Waals surface area (Å²) < 4.78 is 0. The lowest BCUT2D eigenvalue weighted by molar-refractivity contribution is -0.138. The molecule has 1 unspecified atom stereocenters. The molecule has 0 radical (unpaired) electrons. The third-order valence-electron chi connectivity index (χ3n) is 4.33. The van der Waals surface area contributed by atoms with Crippen molar-refractivity contribution < 1.29 is 9.59 Å². The largest absolute Gasteiger partial charge is 0.350 e. The highest BCUT2D eigenvalue weighted by molar-refractivity contribution is 6.30. The Hall–Kier alpha value is -2.40. The Labute approximate surface area is 152 Å². The third kappa shape index (κ3) is 4.57. The summed E-state index contributed by atoms with van der Waals surface area (Å²) in [6.45, 7) is 1.05. The Bertz CT molecular complexity index is 734. The Morgan fingerprint density at radius 2 is 2.00 bits per heavy atom. The van der Waals surface area contributed by atoms with Crippen LogP contribution in [0.25, 0.3) is 0 Å². The predicted octanol–water partition coefficient (Wildman–Crippen LogP) is 2.58. The van der Waals surface area contributed by atoms with Crippen LogP contribution in [0.1, 0.15) is 24.0 Å². The van der Waals surface area contributed by atoms with E-state index < -0.39 is 6.04 Å². The van der Waals surface area contributed by atoms with Crippen LogP contribution in [-0.2, 0) is 22.6 Å². The van der Waals surface area contributed by atoms with E-state index in [1.54, 1.807) is 29.4 Å². The number of hydrogen-bond acceptors (Lipinski definition) is 3. The van der Waals surface area contributed by atoms with E-state index in [-0.39, 0.29) is 18.2 Å². The normalized spacial score (nSPS) is 16.7. The average Bonchev–Trinajstić information content (AvgIpc) is 3.12. The van der Waals surface area contributed by atoms with Crippen LogP contribution in [0, 0.1) is 0 Å². The molecule has 1 aliphatic heterocycles. The Balaban J connectivity index is 1.57. The summed E-state index contributed by atoms with van der Waals surface area (Å²) >= 11 is 5.86. The van der Waals surface area contributed by atoms with Gasteiger partial charge >= 0.3 is 0 Å². The van der Waals surface area contributed by atoms with Gasteiger partial charge in [-0.3, -0.25) is 14.6 Å². The van der Waals surface area contributed by atoms with E-state index >= 15 is 0 Å². The Morgan fingerprint density at radius 1 is 1.20 bits per heavy atom. The molecule has 3 rings (SSSR count). The van der Waals surface area contributed by atoms with Crippen molar-refractivity contribution in [3.63, 3.8) is 0 Å². The summed E-state index contributed by atoms with van der Waals surface area (Å²) in [7, 11) is 0. The van der Waals surface area contributed by atoms with Gasteiger partial charge in [-0.2, -0.15) is 0 Å². The SMILES string of the molecule is O=C(NCc1ccc(Cl)cc1)C1CCCN1C(=O)Cc1cccnc1. The van der Waals surface area contributed by atoms with Crippen LogP contribution in [0.5, 0.6) is 0 Å². The molecule has 1 aliphatic rings. The lowest BCUT2D eigenvalue weighted by atomic mass is 10.1. The molecule has 1 fully saturated rings. The number of rotatable bonds is 5. The van der Waals surface area contributed by atoms with Crippen molar-refractivity contribution in [1.29, 1.82) is 0 Å². The maximum absolute atomic E-state index is 12.5. The molecule has 0 spiro atoms. The van der Waals surface area contributed by atoms with E-state index in [0.717, 1.165) is 17.5 Å². The van der Waals surface area contributed by atoms with Crippen LogP contribution in [0.15, 0.2) is 48.8 Å². The summed E-state index contributed by atoms with van der Waals surface area (Å²) in [6.07, 6.45) is 5.18. The fourth-order valence-corrected chi connectivity index (χ4v) is 3.15. The smallest absolute Gasteiger partial charge is 0.243 e. The van der Waals surface area contributed by atoms with Gasteiger partial charge in [0.1, 0.15) is 6.04 Å². The van der Waals surface area contributed by atoms with E-state index in [0.29, 0.717) is 24.5 Å². The number of nitrogens with zero attached hydrogens (tertiary/aromatic N) is 2. The molecule has 1 aromatic heterocycles. The van der Waals surface area contributed by atoms with Gasteiger partial charge in [-0.05, 0) is 42.2 Å². The van der Waals surface area contributed by atoms with Gasteiger partial charge in [-0.25, -0.2) is 0 Å². The quantitative estimate of drug-likeness (QED) is 0.894. The molecule has 5 nitrogen and oxygen atoms in total. The van der Waals surface area contributed by atoms with E-state index in [4.69, 9.17) is 11.6 Å². The molecular formula is C19H20ClN3O2. The maximum atomic E-state index is 12.5. The van der Waals surface area contributed by atoms with Crippen molar-refractivity contribution in [2.75, 3.05) is 6.54 Å². The predicted molar refractivity (Wildman–Crippen MR) is 96.0 cm³/mol. The molecule has 25 heavy (non-hydrogen) atoms. The molecular weight excluding hydrogens is 338 g/mol. The number of carbonyl (C=O) groups excluding carboxylic acids is 2. The first-order valence-corrected chi connectivity index (χ1v) is 8.72. The lowest BCUT2D eigenvalue weighted by Gasteiger charge is -2.24. The number of likely N-dealkylation sites (tertiary alicyclic amines) is 1. The minimum Gasteiger partial charge on any atom is -0.350 e. The number of aromatic nitrogens is 1. The second-order valence-corrected chi connectivity index (χ2v) is 6.56. The fraction of sp³-hybridized carbons (Fsp3) is 0.316. The maximum Gasteiger partial charge on any atom is 0.243 e. The molecule has 0 bridgehead atoms. The highest BCUT2D eigenvalue weighted by atomic mass is 35.5. The number of amides is 2. The van der Waals surface area contributed by atoms with Crippen molar-refractivity contribution >= 4 is 23.4 Å². The Kier molecular flexibility index (Phi) is 5.66. The first-order chi connectivity index (χ1) is 12.1. The van der Waals surface area contributed by atoms with Crippen LogP contribution in [0.3, 0.4) is 0 Å². The van der Waals surface area contributed by atoms with Gasteiger partial charge in [0, 0.05) is 30.5 Å². The highest BCUT2D eigenvalue weighted by Gasteiger charge is 2.33. The zero-order valence-electron chi connectivity index (χ0n) is 13.8. The van der Waals surface area contributed by atoms with Gasteiger partial charge in [-0.1, -0.05) is 29.8 Å². The lowest BCUT2D eigenvalue weighted by Crippen LogP contribution is -2.46. The molecule has 130 valence electrons. The molecule has 0 aliphatic carbocycles. The minimum absolute atomic E-state index is 0.0304. The van der Waals surface area contributed by atoms with E-state index in [1.807, 2.05) is 24.3 Å². The van der Waals surface area contributed by atoms with Gasteiger partial charge in [0.05, 0.1) is 6.42 Å². The number of hydrogen-bond donors (Lipinski definition) is 1. The molecule has 1 N–H and O–H groups in total. The second-order valence-electron chi connectivity index (χ2n) is 6.13. The molecule has 1 atom stereocenters. The van der Waals surface area contributed by atoms with Crippen LogP contribution in [-0.4, -0.2) is 34.3 Å². The van der Waals surface area contributed by atoms with Gasteiger partial charge in [0.2, 0.25) is 11.8 Å². The summed E-state index contributed by atoms with van der Waals surface area (Å²) in [6, 6.07) is 10.6. The standard InChI is InChI=1S/C19H20ClN3O2/c20-16-7-5-14(6-8-16)13-22-19(25)17-4-2-10-23(17)18(24)11-15-3-1-9-21-12-15/h1,3,5-9,12,17H,2,4,10-11,13H2,(H,22,25). The number of benzene rings is 1. The monoisotopic (exact) mass is 357 g/mol. The minimum atomic E-state index is -0.392. The van der Waals surface area contributed by atoms with E-state index in [1.165, 1.54) is 0 Å². The number of nitrogens with one attached hydrogen (secondary N) is 1. The molecule has 2 amide bonds. The van der Waals surface area contributed by atoms with Crippen molar-refractivity contribution in [3.05, 3.63) is 64.9 Å². The molecule has 0 saturated carbocycles. The summed E-state index contributed by atoms with van der Waals surface area (Å²) in [5.41, 5.74) is 1.84. The first kappa shape index (κ1) is 17.4. The molecule has 2 aromatic rings. The molecule has 2 heterocycles. The molecule has 1 aromatic carbocycles. The molecule has 1 saturated heterocycles. The van der Waals surface area contributed by atoms with Crippen molar-refractivity contribution in [3.8, 4) is 0 Å². The van der Waals surface area contributed by atoms with Crippen LogP contribution in [0.2, 0.25) is 5.02 Å². The zero-order chi connectivity index (χ0) is 17.6. The van der Waals surface area contributed by atoms with Crippen LogP contribution < -0.4 is 5.32 Å². The highest BCUT2D eigenvalue weighted by Crippen LogP contribution is 2.19. The number of halogens is 1. The molecule has 6 heteroatoms. The van der Waals surface area contributed by atoms with Crippen molar-refractivity contribution in [2.24, 2.45) is 0 Å². The van der Waals surface area contributed by atoms with E-state index in [2.05, 4.69) is 10.3 Å². The first-order valence-electron chi connectivity index (χ1n) is 8.34. The van der Waals surface area contributed by atoms with Gasteiger partial charge in [-0.15, -0.1) is 0 Å². The van der Waals surface area contributed by atoms with Gasteiger partial charge in [0.25, 0.3) is 0 Å². The summed E-state index contributed by atoms with van der Waals surface area (Å²) in [4.78, 5) is 30.8. The third-order valence-corrected chi connectivity index (χ3v) is 4.59. The van der Waals surface area contributed by atoms with Crippen molar-refractivity contribution in [1.82, 2.24) is 15.2 Å². The average molecular weight is 358 g/mol. The van der Waals surface area contributed by atoms with Crippen LogP contribution in [0.4, 0.5) is 0 Å². The topological polar surface area (TPSA) is 62.3 Å².